The molecule has 0 radical (unpaired) electrons. The van der Waals surface area contributed by atoms with Crippen molar-refractivity contribution < 1.29 is 9.90 Å². The SMILES string of the molecule is CCCCCCCCc1cc(N(C)C)ccc1C(=O)[O-]. The molecule has 1 rings (SSSR count). The first-order valence-corrected chi connectivity index (χ1v) is 7.57. The molecule has 0 N–H and O–H groups in total. The molecule has 0 aliphatic rings. The first-order valence-electron chi connectivity index (χ1n) is 7.57. The normalized spacial score (nSPS) is 10.6. The molecular weight excluding hydrogens is 250 g/mol. The van der Waals surface area contributed by atoms with Crippen molar-refractivity contribution in [1.82, 2.24) is 0 Å². The second-order valence-electron chi connectivity index (χ2n) is 5.54. The van der Waals surface area contributed by atoms with Crippen LogP contribution in [0.4, 0.5) is 5.69 Å². The van der Waals surface area contributed by atoms with Crippen molar-refractivity contribution in [3.05, 3.63) is 29.3 Å². The molecule has 0 spiro atoms. The molecule has 1 aromatic carbocycles. The summed E-state index contributed by atoms with van der Waals surface area (Å²) in [5, 5.41) is 11.2. The first kappa shape index (κ1) is 16.5. The lowest BCUT2D eigenvalue weighted by Gasteiger charge is -2.17. The number of hydrogen-bond donors (Lipinski definition) is 0. The van der Waals surface area contributed by atoms with Gasteiger partial charge in [0.2, 0.25) is 0 Å². The molecule has 0 aliphatic heterocycles. The molecule has 0 bridgehead atoms. The summed E-state index contributed by atoms with van der Waals surface area (Å²) in [6.07, 6.45) is 8.08. The van der Waals surface area contributed by atoms with Crippen LogP contribution < -0.4 is 10.0 Å². The minimum absolute atomic E-state index is 0.337. The van der Waals surface area contributed by atoms with Crippen molar-refractivity contribution in [2.24, 2.45) is 0 Å². The van der Waals surface area contributed by atoms with Crippen LogP contribution >= 0.6 is 0 Å². The maximum atomic E-state index is 11.2. The van der Waals surface area contributed by atoms with E-state index >= 15 is 0 Å². The predicted octanol–water partition coefficient (Wildman–Crippen LogP) is 3.02. The van der Waals surface area contributed by atoms with Gasteiger partial charge in [0.25, 0.3) is 0 Å². The number of carbonyl (C=O) groups excluding carboxylic acids is 1. The van der Waals surface area contributed by atoms with Crippen LogP contribution in [0.2, 0.25) is 0 Å². The van der Waals surface area contributed by atoms with Crippen molar-refractivity contribution in [3.63, 3.8) is 0 Å². The Labute approximate surface area is 122 Å². The Morgan fingerprint density at radius 1 is 1.10 bits per heavy atom. The Hall–Kier alpha value is -1.51. The second kappa shape index (κ2) is 8.62. The average molecular weight is 276 g/mol. The standard InChI is InChI=1S/C17H27NO2/c1-4-5-6-7-8-9-10-14-13-15(18(2)3)11-12-16(14)17(19)20/h11-13H,4-10H2,1-3H3,(H,19,20)/p-1. The molecule has 0 amide bonds. The summed E-state index contributed by atoms with van der Waals surface area (Å²) < 4.78 is 0. The monoisotopic (exact) mass is 276 g/mol. The average Bonchev–Trinajstić information content (AvgIpc) is 2.42. The highest BCUT2D eigenvalue weighted by molar-refractivity contribution is 5.88. The number of anilines is 1. The summed E-state index contributed by atoms with van der Waals surface area (Å²) in [6, 6.07) is 5.46. The highest BCUT2D eigenvalue weighted by atomic mass is 16.4. The number of carboxylic acid groups (broad SMARTS) is 1. The molecule has 0 aromatic heterocycles. The third-order valence-electron chi connectivity index (χ3n) is 3.62. The maximum absolute atomic E-state index is 11.2. The number of rotatable bonds is 9. The zero-order valence-electron chi connectivity index (χ0n) is 12.9. The highest BCUT2D eigenvalue weighted by Crippen LogP contribution is 2.20. The van der Waals surface area contributed by atoms with Crippen LogP contribution in [0.3, 0.4) is 0 Å². The van der Waals surface area contributed by atoms with E-state index in [1.165, 1.54) is 32.1 Å². The van der Waals surface area contributed by atoms with Crippen molar-refractivity contribution >= 4 is 11.7 Å². The van der Waals surface area contributed by atoms with Gasteiger partial charge in [-0.3, -0.25) is 0 Å². The van der Waals surface area contributed by atoms with Crippen LogP contribution in [0.5, 0.6) is 0 Å². The van der Waals surface area contributed by atoms with Crippen LogP contribution in [0.1, 0.15) is 61.4 Å². The van der Waals surface area contributed by atoms with Crippen LogP contribution in [0, 0.1) is 0 Å². The van der Waals surface area contributed by atoms with E-state index in [1.54, 1.807) is 6.07 Å². The van der Waals surface area contributed by atoms with E-state index in [0.29, 0.717) is 5.56 Å². The van der Waals surface area contributed by atoms with Gasteiger partial charge >= 0.3 is 0 Å². The van der Waals surface area contributed by atoms with E-state index in [9.17, 15) is 9.90 Å². The number of aryl methyl sites for hydroxylation is 1. The van der Waals surface area contributed by atoms with Crippen molar-refractivity contribution in [1.29, 1.82) is 0 Å². The fourth-order valence-electron chi connectivity index (χ4n) is 2.36. The van der Waals surface area contributed by atoms with Crippen LogP contribution in [0.15, 0.2) is 18.2 Å². The topological polar surface area (TPSA) is 43.4 Å². The van der Waals surface area contributed by atoms with Crippen LogP contribution in [0.25, 0.3) is 0 Å². The molecule has 20 heavy (non-hydrogen) atoms. The van der Waals surface area contributed by atoms with Gasteiger partial charge in [-0.1, -0.05) is 45.1 Å². The molecule has 0 saturated heterocycles. The van der Waals surface area contributed by atoms with Crippen molar-refractivity contribution in [2.45, 2.75) is 51.9 Å². The molecule has 3 nitrogen and oxygen atoms in total. The third-order valence-corrected chi connectivity index (χ3v) is 3.62. The van der Waals surface area contributed by atoms with Gasteiger partial charge in [0.1, 0.15) is 0 Å². The van der Waals surface area contributed by atoms with Crippen LogP contribution in [-0.4, -0.2) is 20.1 Å². The number of benzene rings is 1. The Balaban J connectivity index is 2.61. The minimum Gasteiger partial charge on any atom is -0.545 e. The zero-order valence-corrected chi connectivity index (χ0v) is 12.9. The molecule has 0 unspecified atom stereocenters. The van der Waals surface area contributed by atoms with Gasteiger partial charge in [-0.15, -0.1) is 0 Å². The first-order chi connectivity index (χ1) is 9.56. The third kappa shape index (κ3) is 5.24. The lowest BCUT2D eigenvalue weighted by Crippen LogP contribution is -2.24. The minimum atomic E-state index is -1.07. The molecule has 112 valence electrons. The molecular formula is C17H26NO2-. The second-order valence-corrected chi connectivity index (χ2v) is 5.54. The zero-order chi connectivity index (χ0) is 15.0. The van der Waals surface area contributed by atoms with Crippen molar-refractivity contribution in [3.8, 4) is 0 Å². The van der Waals surface area contributed by atoms with E-state index in [1.807, 2.05) is 31.1 Å². The van der Waals surface area contributed by atoms with E-state index in [4.69, 9.17) is 0 Å². The fraction of sp³-hybridized carbons (Fsp3) is 0.588. The van der Waals surface area contributed by atoms with Crippen molar-refractivity contribution in [2.75, 3.05) is 19.0 Å². The molecule has 0 fully saturated rings. The van der Waals surface area contributed by atoms with Gasteiger partial charge in [-0.2, -0.15) is 0 Å². The smallest absolute Gasteiger partial charge is 0.0718 e. The quantitative estimate of drug-likeness (QED) is 0.651. The van der Waals surface area contributed by atoms with E-state index in [0.717, 1.165) is 24.1 Å². The highest BCUT2D eigenvalue weighted by Gasteiger charge is 2.06. The molecule has 3 heteroatoms. The van der Waals surface area contributed by atoms with Gasteiger partial charge < -0.3 is 14.8 Å². The van der Waals surface area contributed by atoms with Gasteiger partial charge in [0.05, 0.1) is 5.97 Å². The summed E-state index contributed by atoms with van der Waals surface area (Å²) in [7, 11) is 3.92. The summed E-state index contributed by atoms with van der Waals surface area (Å²) in [5.41, 5.74) is 2.27. The van der Waals surface area contributed by atoms with Gasteiger partial charge in [0.15, 0.2) is 0 Å². The fourth-order valence-corrected chi connectivity index (χ4v) is 2.36. The van der Waals surface area contributed by atoms with E-state index < -0.39 is 5.97 Å². The lowest BCUT2D eigenvalue weighted by molar-refractivity contribution is -0.255. The number of carboxylic acids is 1. The number of carbonyl (C=O) groups is 1. The Bertz CT molecular complexity index is 427. The summed E-state index contributed by atoms with van der Waals surface area (Å²) in [6.45, 7) is 2.21. The molecule has 0 heterocycles. The van der Waals surface area contributed by atoms with Gasteiger partial charge in [-0.25, -0.2) is 0 Å². The van der Waals surface area contributed by atoms with Gasteiger partial charge in [0, 0.05) is 25.3 Å². The predicted molar refractivity (Wildman–Crippen MR) is 82.2 cm³/mol. The summed E-state index contributed by atoms with van der Waals surface area (Å²) >= 11 is 0. The Kier molecular flexibility index (Phi) is 7.13. The Morgan fingerprint density at radius 3 is 2.35 bits per heavy atom. The summed E-state index contributed by atoms with van der Waals surface area (Å²) in [5.74, 6) is -1.07. The number of hydrogen-bond acceptors (Lipinski definition) is 3. The molecule has 0 saturated carbocycles. The molecule has 0 aliphatic carbocycles. The lowest BCUT2D eigenvalue weighted by atomic mass is 9.99. The van der Waals surface area contributed by atoms with Gasteiger partial charge in [-0.05, 0) is 30.5 Å². The number of nitrogens with zero attached hydrogens (tertiary/aromatic N) is 1. The number of aromatic carboxylic acids is 1. The van der Waals surface area contributed by atoms with Crippen LogP contribution in [-0.2, 0) is 6.42 Å². The molecule has 0 atom stereocenters. The summed E-state index contributed by atoms with van der Waals surface area (Å²) in [4.78, 5) is 13.1. The Morgan fingerprint density at radius 2 is 1.75 bits per heavy atom. The molecule has 1 aromatic rings. The maximum Gasteiger partial charge on any atom is 0.0718 e. The van der Waals surface area contributed by atoms with E-state index in [2.05, 4.69) is 6.92 Å². The van der Waals surface area contributed by atoms with E-state index in [-0.39, 0.29) is 0 Å². The largest absolute Gasteiger partial charge is 0.545 e. The number of unbranched alkanes of at least 4 members (excludes halogenated alkanes) is 5.